The normalized spacial score (nSPS) is 23.3. The number of amides is 1. The molecule has 2 aliphatic heterocycles. The van der Waals surface area contributed by atoms with Crippen molar-refractivity contribution in [1.29, 1.82) is 0 Å². The van der Waals surface area contributed by atoms with E-state index in [4.69, 9.17) is 28.6 Å². The van der Waals surface area contributed by atoms with E-state index in [0.717, 1.165) is 28.1 Å². The topological polar surface area (TPSA) is 53.6 Å². The van der Waals surface area contributed by atoms with E-state index in [1.54, 1.807) is 24.3 Å². The van der Waals surface area contributed by atoms with Gasteiger partial charge in [0.15, 0.2) is 10.8 Å². The number of hydrogen-bond acceptors (Lipinski definition) is 3. The molecule has 2 heterocycles. The molecule has 2 aliphatic rings. The molecular weight excluding hydrogens is 454 g/mol. The third-order valence-electron chi connectivity index (χ3n) is 6.62. The molecule has 1 fully saturated rings. The van der Waals surface area contributed by atoms with Gasteiger partial charge in [0.25, 0.3) is 0 Å². The summed E-state index contributed by atoms with van der Waals surface area (Å²) in [5.41, 5.74) is 3.67. The lowest BCUT2D eigenvalue weighted by molar-refractivity contribution is -0.130. The average molecular weight is 478 g/mol. The zero-order valence-electron chi connectivity index (χ0n) is 18.6. The van der Waals surface area contributed by atoms with Gasteiger partial charge < -0.3 is 15.4 Å². The molecule has 1 saturated heterocycles. The summed E-state index contributed by atoms with van der Waals surface area (Å²) in [6, 6.07) is 20.6. The van der Waals surface area contributed by atoms with Crippen LogP contribution in [0.25, 0.3) is 0 Å². The highest BCUT2D eigenvalue weighted by Gasteiger charge is 2.59. The van der Waals surface area contributed by atoms with Crippen LogP contribution in [0.2, 0.25) is 5.02 Å². The number of hydrogen-bond donors (Lipinski definition) is 2. The van der Waals surface area contributed by atoms with Crippen molar-refractivity contribution in [1.82, 2.24) is 5.32 Å². The predicted molar refractivity (Wildman–Crippen MR) is 136 cm³/mol. The molecule has 5 nitrogen and oxygen atoms in total. The summed E-state index contributed by atoms with van der Waals surface area (Å²) in [6.45, 7) is 6.06. The van der Waals surface area contributed by atoms with Gasteiger partial charge in [-0.15, -0.1) is 0 Å². The van der Waals surface area contributed by atoms with E-state index in [1.165, 1.54) is 0 Å². The van der Waals surface area contributed by atoms with E-state index in [0.29, 0.717) is 15.8 Å². The van der Waals surface area contributed by atoms with Crippen LogP contribution >= 0.6 is 23.8 Å². The number of carbonyl (C=O) groups is 1. The largest absolute Gasteiger partial charge is 0.467 e. The number of carbonyl (C=O) groups excluding carboxylic acids is 1. The lowest BCUT2D eigenvalue weighted by Crippen LogP contribution is -2.72. The number of ether oxygens (including phenoxy) is 1. The fourth-order valence-electron chi connectivity index (χ4n) is 4.82. The Kier molecular flexibility index (Phi) is 5.30. The molecule has 2 bridgehead atoms. The van der Waals surface area contributed by atoms with Crippen LogP contribution in [0.5, 0.6) is 5.75 Å². The molecule has 3 atom stereocenters. The second-order valence-corrected chi connectivity index (χ2v) is 9.47. The maximum absolute atomic E-state index is 13.8. The number of rotatable bonds is 3. The van der Waals surface area contributed by atoms with Gasteiger partial charge in [0.1, 0.15) is 11.7 Å². The molecule has 0 unspecified atom stereocenters. The Morgan fingerprint density at radius 1 is 1.09 bits per heavy atom. The summed E-state index contributed by atoms with van der Waals surface area (Å²) in [6.07, 6.45) is 0. The predicted octanol–water partition coefficient (Wildman–Crippen LogP) is 5.76. The highest BCUT2D eigenvalue weighted by atomic mass is 35.5. The molecule has 168 valence electrons. The second kappa shape index (κ2) is 8.04. The third-order valence-corrected chi connectivity index (χ3v) is 7.17. The standard InChI is InChI=1S/C26H24ClN3O2S/c1-15-7-6-9-20(16(15)2)30-25(33)29-23-19-8-4-5-10-21(19)32-26(30,3)22(23)24(31)28-18-13-11-17(27)12-14-18/h4-14,22-23H,1-3H3,(H,28,31)(H,29,33)/t22-,23+,26+/m1/s1. The highest BCUT2D eigenvalue weighted by Crippen LogP contribution is 2.50. The van der Waals surface area contributed by atoms with Crippen molar-refractivity contribution in [2.24, 2.45) is 5.92 Å². The maximum Gasteiger partial charge on any atom is 0.236 e. The van der Waals surface area contributed by atoms with E-state index in [9.17, 15) is 4.79 Å². The molecule has 2 N–H and O–H groups in total. The fourth-order valence-corrected chi connectivity index (χ4v) is 5.36. The maximum atomic E-state index is 13.8. The highest BCUT2D eigenvalue weighted by molar-refractivity contribution is 7.80. The molecule has 3 aromatic rings. The van der Waals surface area contributed by atoms with Crippen molar-refractivity contribution in [2.75, 3.05) is 10.2 Å². The summed E-state index contributed by atoms with van der Waals surface area (Å²) in [5.74, 6) is -0.00910. The smallest absolute Gasteiger partial charge is 0.236 e. The molecule has 7 heteroatoms. The van der Waals surface area contributed by atoms with Gasteiger partial charge in [0, 0.05) is 16.3 Å². The number of fused-ring (bicyclic) bond motifs is 4. The Morgan fingerprint density at radius 2 is 1.82 bits per heavy atom. The number of aryl methyl sites for hydroxylation is 1. The third kappa shape index (κ3) is 3.54. The summed E-state index contributed by atoms with van der Waals surface area (Å²) in [7, 11) is 0. The summed E-state index contributed by atoms with van der Waals surface area (Å²) in [5, 5.41) is 7.63. The van der Waals surface area contributed by atoms with Gasteiger partial charge in [-0.1, -0.05) is 41.9 Å². The van der Waals surface area contributed by atoms with E-state index in [1.807, 2.05) is 48.2 Å². The quantitative estimate of drug-likeness (QED) is 0.470. The number of para-hydroxylation sites is 1. The lowest BCUT2D eigenvalue weighted by atomic mass is 9.78. The second-order valence-electron chi connectivity index (χ2n) is 8.65. The van der Waals surface area contributed by atoms with Crippen molar-refractivity contribution in [3.05, 3.63) is 88.4 Å². The van der Waals surface area contributed by atoms with Crippen molar-refractivity contribution in [2.45, 2.75) is 32.5 Å². The van der Waals surface area contributed by atoms with Crippen molar-refractivity contribution < 1.29 is 9.53 Å². The minimum absolute atomic E-state index is 0.162. The number of anilines is 2. The number of nitrogens with one attached hydrogen (secondary N) is 2. The van der Waals surface area contributed by atoms with Crippen LogP contribution in [0.15, 0.2) is 66.7 Å². The van der Waals surface area contributed by atoms with E-state index in [2.05, 4.69) is 30.5 Å². The Hall–Kier alpha value is -3.09. The minimum atomic E-state index is -1.05. The molecule has 0 aliphatic carbocycles. The first kappa shape index (κ1) is 21.7. The molecule has 0 aromatic heterocycles. The average Bonchev–Trinajstić information content (AvgIpc) is 2.77. The van der Waals surface area contributed by atoms with E-state index < -0.39 is 11.6 Å². The Bertz CT molecular complexity index is 1260. The summed E-state index contributed by atoms with van der Waals surface area (Å²) >= 11 is 11.9. The van der Waals surface area contributed by atoms with E-state index >= 15 is 0 Å². The van der Waals surface area contributed by atoms with Crippen molar-refractivity contribution >= 4 is 46.2 Å². The van der Waals surface area contributed by atoms with Gasteiger partial charge in [-0.05, 0) is 80.5 Å². The van der Waals surface area contributed by atoms with Crippen LogP contribution < -0.4 is 20.3 Å². The molecule has 0 saturated carbocycles. The first-order valence-corrected chi connectivity index (χ1v) is 11.6. The minimum Gasteiger partial charge on any atom is -0.467 e. The zero-order valence-corrected chi connectivity index (χ0v) is 20.1. The molecule has 33 heavy (non-hydrogen) atoms. The molecule has 5 rings (SSSR count). The van der Waals surface area contributed by atoms with Gasteiger partial charge >= 0.3 is 0 Å². The fraction of sp³-hybridized carbons (Fsp3) is 0.231. The molecule has 1 amide bonds. The van der Waals surface area contributed by atoms with Crippen LogP contribution in [0, 0.1) is 19.8 Å². The molecular formula is C26H24ClN3O2S. The van der Waals surface area contributed by atoms with Crippen LogP contribution in [-0.2, 0) is 4.79 Å². The molecule has 3 aromatic carbocycles. The van der Waals surface area contributed by atoms with Crippen molar-refractivity contribution in [3.63, 3.8) is 0 Å². The number of benzene rings is 3. The van der Waals surface area contributed by atoms with Gasteiger partial charge in [-0.25, -0.2) is 0 Å². The summed E-state index contributed by atoms with van der Waals surface area (Å²) < 4.78 is 6.63. The van der Waals surface area contributed by atoms with Gasteiger partial charge in [0.05, 0.1) is 11.7 Å². The zero-order chi connectivity index (χ0) is 23.3. The van der Waals surface area contributed by atoms with Crippen LogP contribution in [-0.4, -0.2) is 16.7 Å². The van der Waals surface area contributed by atoms with Gasteiger partial charge in [-0.3, -0.25) is 9.69 Å². The van der Waals surface area contributed by atoms with Crippen LogP contribution in [0.3, 0.4) is 0 Å². The monoisotopic (exact) mass is 477 g/mol. The Morgan fingerprint density at radius 3 is 2.58 bits per heavy atom. The number of nitrogens with zero attached hydrogens (tertiary/aromatic N) is 1. The van der Waals surface area contributed by atoms with Gasteiger partial charge in [0.2, 0.25) is 5.91 Å². The number of thiocarbonyl (C=S) groups is 1. The Labute approximate surface area is 203 Å². The lowest BCUT2D eigenvalue weighted by Gasteiger charge is -2.56. The van der Waals surface area contributed by atoms with Crippen molar-refractivity contribution in [3.8, 4) is 5.75 Å². The summed E-state index contributed by atoms with van der Waals surface area (Å²) in [4.78, 5) is 15.7. The first-order valence-electron chi connectivity index (χ1n) is 10.8. The van der Waals surface area contributed by atoms with Gasteiger partial charge in [-0.2, -0.15) is 0 Å². The Balaban J connectivity index is 1.64. The SMILES string of the molecule is Cc1cccc(N2C(=S)N[C@H]3c4ccccc4O[C@@]2(C)[C@H]3C(=O)Nc2ccc(Cl)cc2)c1C. The first-order chi connectivity index (χ1) is 15.8. The number of halogens is 1. The van der Waals surface area contributed by atoms with Crippen LogP contribution in [0.4, 0.5) is 11.4 Å². The van der Waals surface area contributed by atoms with Crippen LogP contribution in [0.1, 0.15) is 29.7 Å². The molecule has 0 radical (unpaired) electrons. The molecule has 0 spiro atoms. The van der Waals surface area contributed by atoms with E-state index in [-0.39, 0.29) is 11.9 Å².